The third-order valence-corrected chi connectivity index (χ3v) is 5.22. The normalized spacial score (nSPS) is 10.8. The molecule has 4 aromatic rings. The molecule has 2 aromatic heterocycles. The van der Waals surface area contributed by atoms with Crippen LogP contribution in [0.5, 0.6) is 0 Å². The van der Waals surface area contributed by atoms with Crippen molar-refractivity contribution in [3.63, 3.8) is 0 Å². The number of thiazole rings is 1. The maximum atomic E-state index is 6.24. The molecule has 0 bridgehead atoms. The molecular weight excluding hydrogens is 412 g/mol. The molecule has 2 aromatic carbocycles. The summed E-state index contributed by atoms with van der Waals surface area (Å²) in [4.78, 5) is 13.1. The van der Waals surface area contributed by atoms with Gasteiger partial charge in [0.25, 0.3) is 0 Å². The molecule has 0 saturated heterocycles. The van der Waals surface area contributed by atoms with Gasteiger partial charge in [-0.2, -0.15) is 0 Å². The molecule has 6 nitrogen and oxygen atoms in total. The monoisotopic (exact) mass is 426 g/mol. The van der Waals surface area contributed by atoms with Gasteiger partial charge >= 0.3 is 0 Å². The number of benzene rings is 2. The van der Waals surface area contributed by atoms with Crippen LogP contribution in [0.2, 0.25) is 0 Å². The molecular formula is C18H15BrN6S. The maximum Gasteiger partial charge on any atom is 0.189 e. The number of aryl methyl sites for hydroxylation is 1. The van der Waals surface area contributed by atoms with Crippen LogP contribution in [0.25, 0.3) is 10.2 Å². The zero-order valence-electron chi connectivity index (χ0n) is 13.8. The number of nitrogens with zero attached hydrogens (tertiary/aromatic N) is 3. The predicted molar refractivity (Wildman–Crippen MR) is 112 cm³/mol. The summed E-state index contributed by atoms with van der Waals surface area (Å²) in [5.41, 5.74) is 9.72. The van der Waals surface area contributed by atoms with Gasteiger partial charge in [0.1, 0.15) is 12.0 Å². The van der Waals surface area contributed by atoms with E-state index in [1.54, 1.807) is 11.3 Å². The van der Waals surface area contributed by atoms with Crippen LogP contribution >= 0.6 is 27.3 Å². The zero-order valence-corrected chi connectivity index (χ0v) is 16.2. The van der Waals surface area contributed by atoms with E-state index in [1.807, 2.05) is 36.4 Å². The van der Waals surface area contributed by atoms with Crippen molar-refractivity contribution in [1.82, 2.24) is 15.0 Å². The topological polar surface area (TPSA) is 88.8 Å². The van der Waals surface area contributed by atoms with Gasteiger partial charge in [0.05, 0.1) is 10.2 Å². The zero-order chi connectivity index (χ0) is 18.1. The molecule has 0 aliphatic heterocycles. The van der Waals surface area contributed by atoms with Gasteiger partial charge in [-0.05, 0) is 48.9 Å². The Balaban J connectivity index is 1.61. The van der Waals surface area contributed by atoms with E-state index < -0.39 is 0 Å². The SMILES string of the molecule is Cc1ccc2nc(Nc3ncnc(Nc4ccc(Br)cc4)c3N)sc2c1. The van der Waals surface area contributed by atoms with Crippen LogP contribution in [0.15, 0.2) is 53.3 Å². The van der Waals surface area contributed by atoms with Gasteiger partial charge in [-0.1, -0.05) is 33.3 Å². The summed E-state index contributed by atoms with van der Waals surface area (Å²) in [6, 6.07) is 13.9. The molecule has 0 aliphatic rings. The number of anilines is 5. The maximum absolute atomic E-state index is 6.24. The van der Waals surface area contributed by atoms with E-state index >= 15 is 0 Å². The minimum absolute atomic E-state index is 0.436. The Labute approximate surface area is 162 Å². The molecule has 2 heterocycles. The minimum atomic E-state index is 0.436. The molecule has 0 unspecified atom stereocenters. The number of halogens is 1. The number of aromatic nitrogens is 3. The number of nitrogens with one attached hydrogen (secondary N) is 2. The fraction of sp³-hybridized carbons (Fsp3) is 0.0556. The Morgan fingerprint density at radius 3 is 2.50 bits per heavy atom. The van der Waals surface area contributed by atoms with Crippen LogP contribution in [0.4, 0.5) is 28.1 Å². The number of nitrogens with two attached hydrogens (primary N) is 1. The number of nitrogen functional groups attached to an aromatic ring is 1. The molecule has 0 radical (unpaired) electrons. The summed E-state index contributed by atoms with van der Waals surface area (Å²) in [6.07, 6.45) is 1.47. The first-order chi connectivity index (χ1) is 12.6. The Hall–Kier alpha value is -2.71. The van der Waals surface area contributed by atoms with E-state index in [4.69, 9.17) is 5.73 Å². The molecule has 0 saturated carbocycles. The summed E-state index contributed by atoms with van der Waals surface area (Å²) in [5.74, 6) is 1.07. The fourth-order valence-corrected chi connectivity index (χ4v) is 3.68. The van der Waals surface area contributed by atoms with Gasteiger partial charge in [0, 0.05) is 10.2 Å². The quantitative estimate of drug-likeness (QED) is 0.414. The Kier molecular flexibility index (Phi) is 4.44. The van der Waals surface area contributed by atoms with Gasteiger partial charge < -0.3 is 16.4 Å². The molecule has 0 atom stereocenters. The molecule has 0 amide bonds. The van der Waals surface area contributed by atoms with Crippen molar-refractivity contribution in [2.45, 2.75) is 6.92 Å². The number of hydrogen-bond donors (Lipinski definition) is 3. The highest BCUT2D eigenvalue weighted by Gasteiger charge is 2.11. The second-order valence-corrected chi connectivity index (χ2v) is 7.68. The van der Waals surface area contributed by atoms with E-state index in [1.165, 1.54) is 11.9 Å². The van der Waals surface area contributed by atoms with Gasteiger partial charge in [0.15, 0.2) is 16.8 Å². The molecule has 0 aliphatic carbocycles. The van der Waals surface area contributed by atoms with Crippen molar-refractivity contribution in [3.05, 3.63) is 58.8 Å². The Morgan fingerprint density at radius 1 is 1.00 bits per heavy atom. The Bertz CT molecular complexity index is 1080. The molecule has 4 rings (SSSR count). The summed E-state index contributed by atoms with van der Waals surface area (Å²) < 4.78 is 2.13. The standard InChI is InChI=1S/C18H15BrN6S/c1-10-2-7-13-14(8-10)26-18(24-13)25-17-15(20)16(21-9-22-17)23-12-5-3-11(19)4-6-12/h2-9H,20H2,1H3,(H2,21,22,23,24,25). The van der Waals surface area contributed by atoms with E-state index in [0.717, 1.165) is 25.5 Å². The first-order valence-corrected chi connectivity index (χ1v) is 9.47. The highest BCUT2D eigenvalue weighted by Crippen LogP contribution is 2.32. The van der Waals surface area contributed by atoms with Crippen molar-refractivity contribution < 1.29 is 0 Å². The van der Waals surface area contributed by atoms with E-state index in [0.29, 0.717) is 17.3 Å². The lowest BCUT2D eigenvalue weighted by Crippen LogP contribution is -2.05. The highest BCUT2D eigenvalue weighted by molar-refractivity contribution is 9.10. The van der Waals surface area contributed by atoms with Crippen molar-refractivity contribution in [3.8, 4) is 0 Å². The molecule has 4 N–H and O–H groups in total. The van der Waals surface area contributed by atoms with Gasteiger partial charge in [-0.3, -0.25) is 0 Å². The number of fused-ring (bicyclic) bond motifs is 1. The molecule has 130 valence electrons. The fourth-order valence-electron chi connectivity index (χ4n) is 2.45. The lowest BCUT2D eigenvalue weighted by Gasteiger charge is -2.11. The second kappa shape index (κ2) is 6.89. The number of hydrogen-bond acceptors (Lipinski definition) is 7. The van der Waals surface area contributed by atoms with Crippen molar-refractivity contribution in [2.75, 3.05) is 16.4 Å². The van der Waals surface area contributed by atoms with Crippen molar-refractivity contribution in [2.24, 2.45) is 0 Å². The average molecular weight is 427 g/mol. The Morgan fingerprint density at radius 2 is 1.73 bits per heavy atom. The summed E-state index contributed by atoms with van der Waals surface area (Å²) >= 11 is 4.98. The largest absolute Gasteiger partial charge is 0.393 e. The predicted octanol–water partition coefficient (Wildman–Crippen LogP) is 5.23. The lowest BCUT2D eigenvalue weighted by atomic mass is 10.2. The molecule has 0 spiro atoms. The molecule has 8 heteroatoms. The smallest absolute Gasteiger partial charge is 0.189 e. The second-order valence-electron chi connectivity index (χ2n) is 5.73. The van der Waals surface area contributed by atoms with Crippen LogP contribution in [0.3, 0.4) is 0 Å². The average Bonchev–Trinajstić information content (AvgIpc) is 3.02. The third kappa shape index (κ3) is 3.47. The van der Waals surface area contributed by atoms with Crippen molar-refractivity contribution in [1.29, 1.82) is 0 Å². The molecule has 0 fully saturated rings. The van der Waals surface area contributed by atoms with E-state index in [9.17, 15) is 0 Å². The van der Waals surface area contributed by atoms with Gasteiger partial charge in [0.2, 0.25) is 0 Å². The van der Waals surface area contributed by atoms with Crippen LogP contribution in [0.1, 0.15) is 5.56 Å². The van der Waals surface area contributed by atoms with Gasteiger partial charge in [-0.15, -0.1) is 0 Å². The first-order valence-electron chi connectivity index (χ1n) is 7.86. The van der Waals surface area contributed by atoms with E-state index in [2.05, 4.69) is 54.5 Å². The number of rotatable bonds is 4. The summed E-state index contributed by atoms with van der Waals surface area (Å²) in [6.45, 7) is 2.06. The van der Waals surface area contributed by atoms with Crippen molar-refractivity contribution >= 4 is 65.6 Å². The minimum Gasteiger partial charge on any atom is -0.393 e. The highest BCUT2D eigenvalue weighted by atomic mass is 79.9. The first kappa shape index (κ1) is 16.7. The summed E-state index contributed by atoms with van der Waals surface area (Å²) in [7, 11) is 0. The lowest BCUT2D eigenvalue weighted by molar-refractivity contribution is 1.17. The van der Waals surface area contributed by atoms with Crippen LogP contribution in [-0.2, 0) is 0 Å². The summed E-state index contributed by atoms with van der Waals surface area (Å²) in [5, 5.41) is 7.15. The molecule has 26 heavy (non-hydrogen) atoms. The third-order valence-electron chi connectivity index (χ3n) is 3.76. The van der Waals surface area contributed by atoms with Crippen LogP contribution in [-0.4, -0.2) is 15.0 Å². The van der Waals surface area contributed by atoms with Gasteiger partial charge in [-0.25, -0.2) is 15.0 Å². The van der Waals surface area contributed by atoms with Crippen LogP contribution < -0.4 is 16.4 Å². The van der Waals surface area contributed by atoms with Crippen LogP contribution in [0, 0.1) is 6.92 Å². The van der Waals surface area contributed by atoms with E-state index in [-0.39, 0.29) is 0 Å².